The molecule has 18 heavy (non-hydrogen) atoms. The van der Waals surface area contributed by atoms with Gasteiger partial charge in [-0.15, -0.1) is 0 Å². The lowest BCUT2D eigenvalue weighted by Crippen LogP contribution is -2.21. The molecule has 3 aromatic rings. The molecule has 2 saturated carbocycles. The van der Waals surface area contributed by atoms with Crippen molar-refractivity contribution >= 4 is 21.8 Å². The smallest absolute Gasteiger partial charge is 0.0496 e. The van der Waals surface area contributed by atoms with Gasteiger partial charge in [0.1, 0.15) is 0 Å². The first-order valence-corrected chi connectivity index (χ1v) is 6.80. The molecular formula is C17H15N. The van der Waals surface area contributed by atoms with Gasteiger partial charge in [-0.05, 0) is 37.3 Å². The summed E-state index contributed by atoms with van der Waals surface area (Å²) in [6.07, 6.45) is 1.44. The Balaban J connectivity index is 2.00. The summed E-state index contributed by atoms with van der Waals surface area (Å²) in [7, 11) is 0. The van der Waals surface area contributed by atoms with E-state index in [0.29, 0.717) is 5.54 Å². The standard InChI is InChI=1S/C17H15N/c1-17(13-10-14(13)17)18-15-8-4-2-6-11(15)12-7-3-5-9-16(12)18/h2-9,13-14H,10H2,1H3. The van der Waals surface area contributed by atoms with Gasteiger partial charge in [0.2, 0.25) is 0 Å². The van der Waals surface area contributed by atoms with Crippen molar-refractivity contribution in [2.75, 3.05) is 0 Å². The summed E-state index contributed by atoms with van der Waals surface area (Å²) in [5.74, 6) is 1.88. The van der Waals surface area contributed by atoms with Gasteiger partial charge in [-0.3, -0.25) is 0 Å². The van der Waals surface area contributed by atoms with Gasteiger partial charge in [0, 0.05) is 27.3 Å². The molecule has 2 unspecified atom stereocenters. The Morgan fingerprint density at radius 1 is 0.889 bits per heavy atom. The van der Waals surface area contributed by atoms with Gasteiger partial charge in [-0.2, -0.15) is 0 Å². The minimum absolute atomic E-state index is 0.405. The summed E-state index contributed by atoms with van der Waals surface area (Å²) >= 11 is 0. The van der Waals surface area contributed by atoms with Crippen molar-refractivity contribution in [2.45, 2.75) is 18.9 Å². The van der Waals surface area contributed by atoms with E-state index in [0.717, 1.165) is 11.8 Å². The maximum absolute atomic E-state index is 2.61. The quantitative estimate of drug-likeness (QED) is 0.594. The molecule has 1 heterocycles. The lowest BCUT2D eigenvalue weighted by Gasteiger charge is -2.22. The molecular weight excluding hydrogens is 218 g/mol. The van der Waals surface area contributed by atoms with E-state index in [1.165, 1.54) is 28.2 Å². The molecule has 88 valence electrons. The maximum Gasteiger partial charge on any atom is 0.0496 e. The number of benzene rings is 2. The first-order chi connectivity index (χ1) is 8.82. The summed E-state index contributed by atoms with van der Waals surface area (Å²) in [6.45, 7) is 2.44. The number of aromatic nitrogens is 1. The number of rotatable bonds is 1. The van der Waals surface area contributed by atoms with Crippen LogP contribution in [0.2, 0.25) is 0 Å². The van der Waals surface area contributed by atoms with Crippen LogP contribution in [-0.2, 0) is 5.54 Å². The SMILES string of the molecule is CC1(n2c3ccccc3c3ccccc32)C2CC21. The second kappa shape index (κ2) is 2.64. The topological polar surface area (TPSA) is 4.93 Å². The zero-order valence-corrected chi connectivity index (χ0v) is 10.4. The molecule has 1 aromatic heterocycles. The molecule has 2 aliphatic carbocycles. The largest absolute Gasteiger partial charge is 0.334 e. The van der Waals surface area contributed by atoms with Gasteiger partial charge >= 0.3 is 0 Å². The molecule has 0 N–H and O–H groups in total. The van der Waals surface area contributed by atoms with Crippen LogP contribution in [0.5, 0.6) is 0 Å². The lowest BCUT2D eigenvalue weighted by atomic mass is 10.1. The number of hydrogen-bond donors (Lipinski definition) is 0. The van der Waals surface area contributed by atoms with E-state index in [2.05, 4.69) is 60.0 Å². The zero-order valence-electron chi connectivity index (χ0n) is 10.4. The molecule has 0 amide bonds. The van der Waals surface area contributed by atoms with Crippen LogP contribution in [0.3, 0.4) is 0 Å². The van der Waals surface area contributed by atoms with Gasteiger partial charge < -0.3 is 4.57 Å². The first-order valence-electron chi connectivity index (χ1n) is 6.80. The fourth-order valence-electron chi connectivity index (χ4n) is 3.97. The predicted octanol–water partition coefficient (Wildman–Crippen LogP) is 4.16. The molecule has 1 nitrogen and oxygen atoms in total. The van der Waals surface area contributed by atoms with Gasteiger partial charge in [0.15, 0.2) is 0 Å². The average Bonchev–Trinajstić information content (AvgIpc) is 3.29. The molecule has 0 radical (unpaired) electrons. The Kier molecular flexibility index (Phi) is 1.35. The molecule has 5 rings (SSSR count). The zero-order chi connectivity index (χ0) is 11.9. The molecule has 1 heteroatoms. The summed E-state index contributed by atoms with van der Waals surface area (Å²) < 4.78 is 2.61. The van der Waals surface area contributed by atoms with Crippen LogP contribution in [0.4, 0.5) is 0 Å². The number of nitrogens with zero attached hydrogens (tertiary/aromatic N) is 1. The highest BCUT2D eigenvalue weighted by Crippen LogP contribution is 2.76. The molecule has 0 bridgehead atoms. The second-order valence-corrected chi connectivity index (χ2v) is 6.04. The third-order valence-electron chi connectivity index (χ3n) is 5.24. The van der Waals surface area contributed by atoms with E-state index < -0.39 is 0 Å². The minimum Gasteiger partial charge on any atom is -0.334 e. The Hall–Kier alpha value is -1.76. The van der Waals surface area contributed by atoms with E-state index in [1.54, 1.807) is 0 Å². The third kappa shape index (κ3) is 0.848. The Morgan fingerprint density at radius 3 is 1.83 bits per heavy atom. The summed E-state index contributed by atoms with van der Waals surface area (Å²) in [6, 6.07) is 17.7. The van der Waals surface area contributed by atoms with Crippen molar-refractivity contribution in [1.29, 1.82) is 0 Å². The molecule has 0 saturated heterocycles. The molecule has 2 atom stereocenters. The van der Waals surface area contributed by atoms with Crippen LogP contribution in [0, 0.1) is 11.8 Å². The highest BCUT2D eigenvalue weighted by molar-refractivity contribution is 6.08. The van der Waals surface area contributed by atoms with E-state index in [9.17, 15) is 0 Å². The van der Waals surface area contributed by atoms with Crippen LogP contribution in [0.15, 0.2) is 48.5 Å². The highest BCUT2D eigenvalue weighted by atomic mass is 15.2. The summed E-state index contributed by atoms with van der Waals surface area (Å²) in [4.78, 5) is 0. The lowest BCUT2D eigenvalue weighted by molar-refractivity contribution is 0.417. The van der Waals surface area contributed by atoms with Crippen LogP contribution in [0.1, 0.15) is 13.3 Å². The fraction of sp³-hybridized carbons (Fsp3) is 0.294. The predicted molar refractivity (Wildman–Crippen MR) is 74.7 cm³/mol. The van der Waals surface area contributed by atoms with Crippen molar-refractivity contribution < 1.29 is 0 Å². The van der Waals surface area contributed by atoms with Crippen molar-refractivity contribution in [1.82, 2.24) is 4.57 Å². The average molecular weight is 233 g/mol. The molecule has 0 spiro atoms. The van der Waals surface area contributed by atoms with Gasteiger partial charge in [0.25, 0.3) is 0 Å². The number of hydrogen-bond acceptors (Lipinski definition) is 0. The first kappa shape index (κ1) is 9.21. The minimum atomic E-state index is 0.405. The van der Waals surface area contributed by atoms with E-state index in [4.69, 9.17) is 0 Å². The molecule has 0 aliphatic heterocycles. The molecule has 2 aromatic carbocycles. The normalized spacial score (nSPS) is 32.7. The van der Waals surface area contributed by atoms with Crippen LogP contribution in [-0.4, -0.2) is 4.57 Å². The Morgan fingerprint density at radius 2 is 1.39 bits per heavy atom. The van der Waals surface area contributed by atoms with Crippen molar-refractivity contribution in [3.63, 3.8) is 0 Å². The van der Waals surface area contributed by atoms with Crippen LogP contribution in [0.25, 0.3) is 21.8 Å². The fourth-order valence-corrected chi connectivity index (χ4v) is 3.97. The van der Waals surface area contributed by atoms with E-state index in [-0.39, 0.29) is 0 Å². The second-order valence-electron chi connectivity index (χ2n) is 6.04. The Bertz CT molecular complexity index is 734. The number of para-hydroxylation sites is 2. The van der Waals surface area contributed by atoms with Gasteiger partial charge in [-0.1, -0.05) is 36.4 Å². The van der Waals surface area contributed by atoms with Crippen molar-refractivity contribution in [3.05, 3.63) is 48.5 Å². The van der Waals surface area contributed by atoms with E-state index in [1.807, 2.05) is 0 Å². The summed E-state index contributed by atoms with van der Waals surface area (Å²) in [5.41, 5.74) is 3.23. The Labute approximate surface area is 106 Å². The van der Waals surface area contributed by atoms with Crippen LogP contribution >= 0.6 is 0 Å². The maximum atomic E-state index is 2.61. The van der Waals surface area contributed by atoms with Crippen LogP contribution < -0.4 is 0 Å². The van der Waals surface area contributed by atoms with Crippen molar-refractivity contribution in [2.24, 2.45) is 11.8 Å². The van der Waals surface area contributed by atoms with Crippen molar-refractivity contribution in [3.8, 4) is 0 Å². The number of fused-ring (bicyclic) bond motifs is 4. The van der Waals surface area contributed by atoms with Gasteiger partial charge in [0.05, 0.1) is 0 Å². The van der Waals surface area contributed by atoms with E-state index >= 15 is 0 Å². The monoisotopic (exact) mass is 233 g/mol. The van der Waals surface area contributed by atoms with Gasteiger partial charge in [-0.25, -0.2) is 0 Å². The third-order valence-corrected chi connectivity index (χ3v) is 5.24. The molecule has 2 aliphatic rings. The summed E-state index contributed by atoms with van der Waals surface area (Å²) in [5, 5.41) is 2.81. The molecule has 2 fully saturated rings. The highest BCUT2D eigenvalue weighted by Gasteiger charge is 2.75.